The molecule has 0 unspecified atom stereocenters. The van der Waals surface area contributed by atoms with Crippen LogP contribution in [0.3, 0.4) is 0 Å². The van der Waals surface area contributed by atoms with Crippen molar-refractivity contribution in [2.24, 2.45) is 0 Å². The predicted molar refractivity (Wildman–Crippen MR) is 167 cm³/mol. The minimum Gasteiger partial charge on any atom is -0.355 e. The van der Waals surface area contributed by atoms with Crippen LogP contribution in [-0.4, -0.2) is 44.3 Å². The molecular weight excluding hydrogens is 589 g/mol. The van der Waals surface area contributed by atoms with Crippen molar-refractivity contribution in [1.82, 2.24) is 10.2 Å². The summed E-state index contributed by atoms with van der Waals surface area (Å²) in [7, 11) is -4.23. The van der Waals surface area contributed by atoms with E-state index in [2.05, 4.69) is 5.32 Å². The van der Waals surface area contributed by atoms with Crippen LogP contribution >= 0.6 is 11.6 Å². The fourth-order valence-corrected chi connectivity index (χ4v) is 6.21. The average molecular weight is 622 g/mol. The number of hydrogen-bond donors (Lipinski definition) is 1. The highest BCUT2D eigenvalue weighted by Crippen LogP contribution is 2.26. The van der Waals surface area contributed by atoms with E-state index >= 15 is 0 Å². The maximum absolute atomic E-state index is 14.3. The van der Waals surface area contributed by atoms with Crippen LogP contribution < -0.4 is 9.62 Å². The molecule has 224 valence electrons. The van der Waals surface area contributed by atoms with Gasteiger partial charge in [0.05, 0.1) is 10.6 Å². The molecule has 0 radical (unpaired) electrons. The normalized spacial score (nSPS) is 11.9. The number of likely N-dealkylation sites (N-methyl/N-ethyl adjacent to an activating group) is 1. The molecule has 0 bridgehead atoms. The van der Waals surface area contributed by atoms with Crippen LogP contribution in [0.5, 0.6) is 0 Å². The van der Waals surface area contributed by atoms with Crippen LogP contribution in [0.4, 0.5) is 10.1 Å². The lowest BCUT2D eigenvalue weighted by atomic mass is 10.0. The summed E-state index contributed by atoms with van der Waals surface area (Å²) in [6.45, 7) is 3.31. The summed E-state index contributed by atoms with van der Waals surface area (Å²) < 4.78 is 42.8. The zero-order chi connectivity index (χ0) is 31.0. The van der Waals surface area contributed by atoms with Gasteiger partial charge in [-0.25, -0.2) is 12.8 Å². The summed E-state index contributed by atoms with van der Waals surface area (Å²) in [4.78, 5) is 29.1. The minimum absolute atomic E-state index is 0.0409. The van der Waals surface area contributed by atoms with Gasteiger partial charge in [-0.15, -0.1) is 0 Å². The first-order valence-electron chi connectivity index (χ1n) is 13.8. The molecule has 2 amide bonds. The van der Waals surface area contributed by atoms with Crippen LogP contribution in [0.1, 0.15) is 23.6 Å². The molecule has 0 saturated heterocycles. The maximum atomic E-state index is 14.3. The molecule has 1 atom stereocenters. The Morgan fingerprint density at radius 2 is 1.56 bits per heavy atom. The van der Waals surface area contributed by atoms with Gasteiger partial charge in [0.2, 0.25) is 11.8 Å². The zero-order valence-electron chi connectivity index (χ0n) is 23.9. The van der Waals surface area contributed by atoms with Crippen molar-refractivity contribution in [3.63, 3.8) is 0 Å². The second-order valence-electron chi connectivity index (χ2n) is 10.1. The number of rotatable bonds is 12. The van der Waals surface area contributed by atoms with Gasteiger partial charge in [-0.1, -0.05) is 66.2 Å². The van der Waals surface area contributed by atoms with E-state index in [1.165, 1.54) is 53.4 Å². The molecule has 0 aromatic heterocycles. The molecule has 0 spiro atoms. The van der Waals surface area contributed by atoms with E-state index in [1.807, 2.05) is 43.3 Å². The van der Waals surface area contributed by atoms with Crippen LogP contribution in [0.15, 0.2) is 108 Å². The van der Waals surface area contributed by atoms with Gasteiger partial charge in [-0.05, 0) is 79.1 Å². The number of hydrogen-bond acceptors (Lipinski definition) is 4. The number of aryl methyl sites for hydroxylation is 1. The van der Waals surface area contributed by atoms with Crippen molar-refractivity contribution >= 4 is 39.1 Å². The highest BCUT2D eigenvalue weighted by Gasteiger charge is 2.34. The lowest BCUT2D eigenvalue weighted by Gasteiger charge is -2.34. The van der Waals surface area contributed by atoms with Gasteiger partial charge in [-0.3, -0.25) is 13.9 Å². The SMILES string of the molecule is CCNC(=O)[C@@H](Cc1ccccc1)N(Cc1ccc(F)cc1)C(=O)CN(c1cccc(C)c1)S(=O)(=O)c1ccc(Cl)cc1. The van der Waals surface area contributed by atoms with Gasteiger partial charge in [0, 0.05) is 24.5 Å². The lowest BCUT2D eigenvalue weighted by Crippen LogP contribution is -2.53. The number of carbonyl (C=O) groups is 2. The van der Waals surface area contributed by atoms with Crippen molar-refractivity contribution < 1.29 is 22.4 Å². The fourth-order valence-electron chi connectivity index (χ4n) is 4.68. The van der Waals surface area contributed by atoms with Crippen LogP contribution in [0.2, 0.25) is 5.02 Å². The summed E-state index contributed by atoms with van der Waals surface area (Å²) in [5, 5.41) is 3.18. The minimum atomic E-state index is -4.23. The van der Waals surface area contributed by atoms with E-state index in [0.29, 0.717) is 22.8 Å². The molecule has 0 saturated carbocycles. The third-order valence-electron chi connectivity index (χ3n) is 6.86. The van der Waals surface area contributed by atoms with E-state index in [0.717, 1.165) is 15.4 Å². The van der Waals surface area contributed by atoms with Gasteiger partial charge in [-0.2, -0.15) is 0 Å². The monoisotopic (exact) mass is 621 g/mol. The van der Waals surface area contributed by atoms with E-state index in [-0.39, 0.29) is 23.8 Å². The number of halogens is 2. The number of sulfonamides is 1. The molecule has 1 N–H and O–H groups in total. The Morgan fingerprint density at radius 1 is 0.884 bits per heavy atom. The molecule has 4 aromatic carbocycles. The van der Waals surface area contributed by atoms with Crippen molar-refractivity contribution in [2.75, 3.05) is 17.4 Å². The molecule has 4 aromatic rings. The maximum Gasteiger partial charge on any atom is 0.264 e. The van der Waals surface area contributed by atoms with E-state index in [1.54, 1.807) is 25.1 Å². The van der Waals surface area contributed by atoms with Crippen LogP contribution in [0.25, 0.3) is 0 Å². The Labute approximate surface area is 257 Å². The first kappa shape index (κ1) is 31.7. The third kappa shape index (κ3) is 8.21. The molecular formula is C33H33ClFN3O4S. The topological polar surface area (TPSA) is 86.8 Å². The summed E-state index contributed by atoms with van der Waals surface area (Å²) in [5.74, 6) is -1.43. The highest BCUT2D eigenvalue weighted by molar-refractivity contribution is 7.92. The number of carbonyl (C=O) groups excluding carboxylic acids is 2. The fraction of sp³-hybridized carbons (Fsp3) is 0.212. The Balaban J connectivity index is 1.79. The molecule has 0 aliphatic carbocycles. The highest BCUT2D eigenvalue weighted by atomic mass is 35.5. The van der Waals surface area contributed by atoms with Gasteiger partial charge < -0.3 is 10.2 Å². The molecule has 10 heteroatoms. The quantitative estimate of drug-likeness (QED) is 0.218. The average Bonchev–Trinajstić information content (AvgIpc) is 2.99. The van der Waals surface area contributed by atoms with E-state index in [4.69, 9.17) is 11.6 Å². The molecule has 0 heterocycles. The lowest BCUT2D eigenvalue weighted by molar-refractivity contribution is -0.140. The van der Waals surface area contributed by atoms with Crippen molar-refractivity contribution in [2.45, 2.75) is 37.8 Å². The number of anilines is 1. The number of nitrogens with one attached hydrogen (secondary N) is 1. The molecule has 0 fully saturated rings. The van der Waals surface area contributed by atoms with Gasteiger partial charge in [0.25, 0.3) is 10.0 Å². The second-order valence-corrected chi connectivity index (χ2v) is 12.4. The third-order valence-corrected chi connectivity index (χ3v) is 8.90. The Kier molecular flexibility index (Phi) is 10.6. The smallest absolute Gasteiger partial charge is 0.264 e. The van der Waals surface area contributed by atoms with Crippen LogP contribution in [0, 0.1) is 12.7 Å². The first-order valence-corrected chi connectivity index (χ1v) is 15.6. The van der Waals surface area contributed by atoms with Crippen molar-refractivity contribution in [1.29, 1.82) is 0 Å². The standard InChI is InChI=1S/C33H33ClFN3O4S/c1-3-36-33(40)31(21-25-9-5-4-6-10-25)37(22-26-12-16-28(35)17-13-26)32(39)23-38(29-11-7-8-24(2)20-29)43(41,42)30-18-14-27(34)15-19-30/h4-20,31H,3,21-23H2,1-2H3,(H,36,40)/t31-/m1/s1. The summed E-state index contributed by atoms with van der Waals surface area (Å²) in [5.41, 5.74) is 2.50. The van der Waals surface area contributed by atoms with Crippen molar-refractivity contribution in [3.8, 4) is 0 Å². The Hall–Kier alpha value is -4.21. The number of nitrogens with zero attached hydrogens (tertiary/aromatic N) is 2. The Morgan fingerprint density at radius 3 is 2.19 bits per heavy atom. The Bertz CT molecular complexity index is 1650. The molecule has 7 nitrogen and oxygen atoms in total. The summed E-state index contributed by atoms with van der Waals surface area (Å²) in [6, 6.07) is 26.4. The van der Waals surface area contributed by atoms with Crippen LogP contribution in [-0.2, 0) is 32.6 Å². The summed E-state index contributed by atoms with van der Waals surface area (Å²) >= 11 is 6.02. The largest absolute Gasteiger partial charge is 0.355 e. The molecule has 43 heavy (non-hydrogen) atoms. The zero-order valence-corrected chi connectivity index (χ0v) is 25.5. The molecule has 0 aliphatic heterocycles. The number of benzene rings is 4. The predicted octanol–water partition coefficient (Wildman–Crippen LogP) is 5.76. The molecule has 0 aliphatic rings. The van der Waals surface area contributed by atoms with Crippen molar-refractivity contribution in [3.05, 3.63) is 131 Å². The van der Waals surface area contributed by atoms with Gasteiger partial charge in [0.15, 0.2) is 0 Å². The van der Waals surface area contributed by atoms with E-state index in [9.17, 15) is 22.4 Å². The first-order chi connectivity index (χ1) is 20.6. The molecule has 4 rings (SSSR count). The van der Waals surface area contributed by atoms with Gasteiger partial charge >= 0.3 is 0 Å². The van der Waals surface area contributed by atoms with Gasteiger partial charge in [0.1, 0.15) is 18.4 Å². The number of amides is 2. The summed E-state index contributed by atoms with van der Waals surface area (Å²) in [6.07, 6.45) is 0.188. The van der Waals surface area contributed by atoms with E-state index < -0.39 is 34.3 Å². The second kappa shape index (κ2) is 14.3.